The van der Waals surface area contributed by atoms with Gasteiger partial charge < -0.3 is 4.90 Å². The van der Waals surface area contributed by atoms with E-state index in [1.165, 1.54) is 51.7 Å². The second-order valence-electron chi connectivity index (χ2n) is 4.58. The van der Waals surface area contributed by atoms with Gasteiger partial charge in [0.1, 0.15) is 0 Å². The van der Waals surface area contributed by atoms with Gasteiger partial charge >= 0.3 is 0 Å². The van der Waals surface area contributed by atoms with Gasteiger partial charge in [0.15, 0.2) is 0 Å². The van der Waals surface area contributed by atoms with Gasteiger partial charge in [0.25, 0.3) is 0 Å². The van der Waals surface area contributed by atoms with E-state index in [0.29, 0.717) is 0 Å². The van der Waals surface area contributed by atoms with Crippen molar-refractivity contribution in [3.63, 3.8) is 0 Å². The molecule has 1 heterocycles. The molecule has 2 aliphatic rings. The highest BCUT2D eigenvalue weighted by molar-refractivity contribution is 9.09. The molecule has 0 radical (unpaired) electrons. The van der Waals surface area contributed by atoms with Gasteiger partial charge in [-0.2, -0.15) is 0 Å². The molecule has 2 unspecified atom stereocenters. The molecule has 1 saturated carbocycles. The average Bonchev–Trinajstić information content (AvgIpc) is 2.18. The van der Waals surface area contributed by atoms with Crippen LogP contribution in [0.2, 0.25) is 0 Å². The maximum absolute atomic E-state index is 3.53. The Balaban J connectivity index is 1.84. The Morgan fingerprint density at radius 2 is 1.85 bits per heavy atom. The molecule has 1 aliphatic heterocycles. The van der Waals surface area contributed by atoms with Crippen LogP contribution in [0.3, 0.4) is 0 Å². The first-order valence-electron chi connectivity index (χ1n) is 5.68. The van der Waals surface area contributed by atoms with Crippen LogP contribution < -0.4 is 0 Å². The number of halogens is 1. The van der Waals surface area contributed by atoms with Gasteiger partial charge in [-0.05, 0) is 31.2 Å². The molecule has 13 heavy (non-hydrogen) atoms. The van der Waals surface area contributed by atoms with Crippen LogP contribution in [-0.2, 0) is 0 Å². The molecule has 0 aromatic rings. The predicted octanol–water partition coefficient (Wildman–Crippen LogP) is 2.89. The van der Waals surface area contributed by atoms with E-state index < -0.39 is 0 Å². The molecular formula is C11H20BrN. The van der Waals surface area contributed by atoms with Crippen LogP contribution in [0.4, 0.5) is 0 Å². The van der Waals surface area contributed by atoms with Crippen LogP contribution >= 0.6 is 15.9 Å². The fourth-order valence-electron chi connectivity index (χ4n) is 3.00. The molecule has 0 aromatic heterocycles. The van der Waals surface area contributed by atoms with Crippen molar-refractivity contribution in [2.45, 2.75) is 32.1 Å². The molecular weight excluding hydrogens is 226 g/mol. The van der Waals surface area contributed by atoms with Crippen LogP contribution in [0, 0.1) is 11.8 Å². The Hall–Kier alpha value is 0.440. The van der Waals surface area contributed by atoms with Crippen LogP contribution in [0.15, 0.2) is 0 Å². The lowest BCUT2D eigenvalue weighted by molar-refractivity contribution is 0.0918. The van der Waals surface area contributed by atoms with Crippen LogP contribution in [0.5, 0.6) is 0 Å². The highest BCUT2D eigenvalue weighted by atomic mass is 79.9. The Bertz CT molecular complexity index is 160. The normalized spacial score (nSPS) is 35.8. The number of piperidine rings is 1. The molecule has 0 amide bonds. The molecule has 2 atom stereocenters. The molecule has 1 aliphatic carbocycles. The zero-order valence-electron chi connectivity index (χ0n) is 8.34. The maximum atomic E-state index is 3.53. The molecule has 0 aromatic carbocycles. The van der Waals surface area contributed by atoms with E-state index >= 15 is 0 Å². The largest absolute Gasteiger partial charge is 0.302 e. The Kier molecular flexibility index (Phi) is 3.67. The summed E-state index contributed by atoms with van der Waals surface area (Å²) in [4.78, 5) is 2.64. The molecule has 2 heteroatoms. The first-order chi connectivity index (χ1) is 6.40. The lowest BCUT2D eigenvalue weighted by Crippen LogP contribution is -2.42. The summed E-state index contributed by atoms with van der Waals surface area (Å²) >= 11 is 3.53. The summed E-state index contributed by atoms with van der Waals surface area (Å²) in [6.07, 6.45) is 7.48. The molecule has 1 nitrogen and oxygen atoms in total. The van der Waals surface area contributed by atoms with Gasteiger partial charge in [-0.15, -0.1) is 0 Å². The van der Waals surface area contributed by atoms with Crippen LogP contribution in [0.1, 0.15) is 32.1 Å². The van der Waals surface area contributed by atoms with Crippen molar-refractivity contribution in [1.82, 2.24) is 4.90 Å². The fourth-order valence-corrected chi connectivity index (χ4v) is 3.50. The minimum Gasteiger partial charge on any atom is -0.302 e. The van der Waals surface area contributed by atoms with E-state index in [9.17, 15) is 0 Å². The summed E-state index contributed by atoms with van der Waals surface area (Å²) in [5.74, 6) is 2.13. The fraction of sp³-hybridized carbons (Fsp3) is 1.00. The van der Waals surface area contributed by atoms with Crippen molar-refractivity contribution in [3.8, 4) is 0 Å². The quantitative estimate of drug-likeness (QED) is 0.677. The van der Waals surface area contributed by atoms with E-state index in [0.717, 1.165) is 17.2 Å². The number of hydrogen-bond donors (Lipinski definition) is 0. The number of hydrogen-bond acceptors (Lipinski definition) is 1. The van der Waals surface area contributed by atoms with Crippen LogP contribution in [0.25, 0.3) is 0 Å². The minimum absolute atomic E-state index is 1.04. The third-order valence-electron chi connectivity index (χ3n) is 3.78. The average molecular weight is 246 g/mol. The van der Waals surface area contributed by atoms with E-state index in [4.69, 9.17) is 0 Å². The molecule has 1 saturated heterocycles. The first-order valence-corrected chi connectivity index (χ1v) is 6.80. The van der Waals surface area contributed by atoms with Crippen molar-refractivity contribution in [3.05, 3.63) is 0 Å². The van der Waals surface area contributed by atoms with Gasteiger partial charge in [0.05, 0.1) is 0 Å². The molecule has 0 N–H and O–H groups in total. The standard InChI is InChI=1S/C11H20BrN/c12-6-8-13-7-5-10-3-1-2-4-11(10)9-13/h10-11H,1-9H2. The summed E-state index contributed by atoms with van der Waals surface area (Å²) in [5.41, 5.74) is 0. The SMILES string of the molecule is BrCCN1CCC2CCCCC2C1. The van der Waals surface area contributed by atoms with Crippen molar-refractivity contribution < 1.29 is 0 Å². The minimum atomic E-state index is 1.04. The highest BCUT2D eigenvalue weighted by Gasteiger charge is 2.30. The van der Waals surface area contributed by atoms with E-state index in [2.05, 4.69) is 20.8 Å². The monoisotopic (exact) mass is 245 g/mol. The van der Waals surface area contributed by atoms with Crippen molar-refractivity contribution >= 4 is 15.9 Å². The molecule has 0 spiro atoms. The second kappa shape index (κ2) is 4.79. The van der Waals surface area contributed by atoms with Gasteiger partial charge in [-0.1, -0.05) is 35.2 Å². The number of rotatable bonds is 2. The predicted molar refractivity (Wildman–Crippen MR) is 60.3 cm³/mol. The number of alkyl halides is 1. The summed E-state index contributed by atoms with van der Waals surface area (Å²) in [7, 11) is 0. The zero-order valence-corrected chi connectivity index (χ0v) is 9.93. The number of likely N-dealkylation sites (tertiary alicyclic amines) is 1. The first kappa shape index (κ1) is 9.97. The molecule has 0 bridgehead atoms. The number of fused-ring (bicyclic) bond motifs is 1. The summed E-state index contributed by atoms with van der Waals surface area (Å²) in [6.45, 7) is 3.99. The second-order valence-corrected chi connectivity index (χ2v) is 5.38. The van der Waals surface area contributed by atoms with Gasteiger partial charge in [0, 0.05) is 18.4 Å². The van der Waals surface area contributed by atoms with Crippen LogP contribution in [-0.4, -0.2) is 29.9 Å². The van der Waals surface area contributed by atoms with E-state index in [1.807, 2.05) is 0 Å². The van der Waals surface area contributed by atoms with Crippen molar-refractivity contribution in [1.29, 1.82) is 0 Å². The number of nitrogens with zero attached hydrogens (tertiary/aromatic N) is 1. The summed E-state index contributed by atoms with van der Waals surface area (Å²) in [6, 6.07) is 0. The van der Waals surface area contributed by atoms with Crippen molar-refractivity contribution in [2.24, 2.45) is 11.8 Å². The Morgan fingerprint density at radius 1 is 1.08 bits per heavy atom. The molecule has 2 fully saturated rings. The van der Waals surface area contributed by atoms with Crippen molar-refractivity contribution in [2.75, 3.05) is 25.0 Å². The highest BCUT2D eigenvalue weighted by Crippen LogP contribution is 2.35. The Labute approximate surface area is 90.0 Å². The zero-order chi connectivity index (χ0) is 9.10. The molecule has 2 rings (SSSR count). The lowest BCUT2D eigenvalue weighted by atomic mass is 9.75. The van der Waals surface area contributed by atoms with Gasteiger partial charge in [0.2, 0.25) is 0 Å². The lowest BCUT2D eigenvalue weighted by Gasteiger charge is -2.41. The summed E-state index contributed by atoms with van der Waals surface area (Å²) < 4.78 is 0. The van der Waals surface area contributed by atoms with Gasteiger partial charge in [-0.25, -0.2) is 0 Å². The topological polar surface area (TPSA) is 3.24 Å². The van der Waals surface area contributed by atoms with E-state index in [1.54, 1.807) is 0 Å². The van der Waals surface area contributed by atoms with E-state index in [-0.39, 0.29) is 0 Å². The molecule has 76 valence electrons. The summed E-state index contributed by atoms with van der Waals surface area (Å²) in [5, 5.41) is 1.14. The Morgan fingerprint density at radius 3 is 2.62 bits per heavy atom. The smallest absolute Gasteiger partial charge is 0.0159 e. The van der Waals surface area contributed by atoms with Gasteiger partial charge in [-0.3, -0.25) is 0 Å². The maximum Gasteiger partial charge on any atom is 0.0159 e. The third-order valence-corrected chi connectivity index (χ3v) is 4.13. The third kappa shape index (κ3) is 2.47.